The van der Waals surface area contributed by atoms with E-state index in [1.807, 2.05) is 19.0 Å². The van der Waals surface area contributed by atoms with E-state index in [0.717, 1.165) is 12.1 Å². The molecule has 4 aromatic rings. The highest BCUT2D eigenvalue weighted by Gasteiger charge is 2.47. The van der Waals surface area contributed by atoms with Gasteiger partial charge in [0.25, 0.3) is 11.8 Å². The number of amides is 2. The summed E-state index contributed by atoms with van der Waals surface area (Å²) in [6.07, 6.45) is -4.48. The number of hydrogen-bond donors (Lipinski definition) is 1. The highest BCUT2D eigenvalue weighted by Crippen LogP contribution is 2.44. The lowest BCUT2D eigenvalue weighted by molar-refractivity contribution is -0.137. The summed E-state index contributed by atoms with van der Waals surface area (Å²) in [5.41, 5.74) is -0.266. The van der Waals surface area contributed by atoms with E-state index in [-0.39, 0.29) is 35.6 Å². The predicted molar refractivity (Wildman–Crippen MR) is 174 cm³/mol. The number of para-hydroxylation sites is 1. The van der Waals surface area contributed by atoms with E-state index in [0.29, 0.717) is 30.3 Å². The number of fused-ring (bicyclic) bond motifs is 1. The molecule has 0 saturated heterocycles. The van der Waals surface area contributed by atoms with Gasteiger partial charge in [-0.2, -0.15) is 23.5 Å². The normalized spacial score (nSPS) is 16.6. The Morgan fingerprint density at radius 3 is 2.35 bits per heavy atom. The van der Waals surface area contributed by atoms with Crippen LogP contribution in [0.2, 0.25) is 0 Å². The molecular formula is C36H34F4N6O3. The van der Waals surface area contributed by atoms with Crippen LogP contribution in [0.3, 0.4) is 0 Å². The fourth-order valence-corrected chi connectivity index (χ4v) is 5.99. The summed E-state index contributed by atoms with van der Waals surface area (Å²) in [7, 11) is 3.71. The molecule has 254 valence electrons. The van der Waals surface area contributed by atoms with Crippen LogP contribution < -0.4 is 10.2 Å². The summed E-state index contributed by atoms with van der Waals surface area (Å²) in [4.78, 5) is 45.4. The van der Waals surface area contributed by atoms with Crippen molar-refractivity contribution in [2.75, 3.05) is 32.1 Å². The van der Waals surface area contributed by atoms with E-state index in [1.165, 1.54) is 39.9 Å². The van der Waals surface area contributed by atoms with Gasteiger partial charge in [0.15, 0.2) is 5.78 Å². The topological polar surface area (TPSA) is 111 Å². The molecule has 3 aromatic carbocycles. The fourth-order valence-electron chi connectivity index (χ4n) is 5.99. The van der Waals surface area contributed by atoms with Crippen molar-refractivity contribution in [1.29, 1.82) is 5.26 Å². The summed E-state index contributed by atoms with van der Waals surface area (Å²) in [5.74, 6) is -4.12. The number of carbonyl (C=O) groups is 3. The highest BCUT2D eigenvalue weighted by atomic mass is 19.4. The monoisotopic (exact) mass is 674 g/mol. The maximum atomic E-state index is 14.4. The maximum Gasteiger partial charge on any atom is 0.416 e. The second-order valence-corrected chi connectivity index (χ2v) is 12.0. The summed E-state index contributed by atoms with van der Waals surface area (Å²) in [6.45, 7) is 2.33. The van der Waals surface area contributed by atoms with Crippen molar-refractivity contribution >= 4 is 23.4 Å². The SMILES string of the molecule is CCN1C(=O)[C@@H](NC(=O)c2cccc(C(F)(F)F)c2)[C@@H](c2ccc(F)cc2)c2c(C(=O)C[C@H](C#N)CCN(C)C)nn(-c3ccccc3)c21. The van der Waals surface area contributed by atoms with Gasteiger partial charge in [-0.05, 0) is 82.0 Å². The smallest absolute Gasteiger partial charge is 0.339 e. The Morgan fingerprint density at radius 2 is 1.73 bits per heavy atom. The van der Waals surface area contributed by atoms with Gasteiger partial charge in [-0.1, -0.05) is 36.4 Å². The Morgan fingerprint density at radius 1 is 1.04 bits per heavy atom. The maximum absolute atomic E-state index is 14.4. The van der Waals surface area contributed by atoms with Crippen LogP contribution in [0.1, 0.15) is 63.2 Å². The highest BCUT2D eigenvalue weighted by molar-refractivity contribution is 6.08. The quantitative estimate of drug-likeness (QED) is 0.155. The third-order valence-electron chi connectivity index (χ3n) is 8.42. The zero-order chi connectivity index (χ0) is 35.5. The molecule has 13 heteroatoms. The number of aromatic nitrogens is 2. The van der Waals surface area contributed by atoms with E-state index in [4.69, 9.17) is 5.10 Å². The number of anilines is 1. The van der Waals surface area contributed by atoms with E-state index in [2.05, 4.69) is 11.4 Å². The minimum Gasteiger partial charge on any atom is -0.339 e. The first kappa shape index (κ1) is 35.0. The lowest BCUT2D eigenvalue weighted by Crippen LogP contribution is -2.55. The van der Waals surface area contributed by atoms with Crippen molar-refractivity contribution in [3.05, 3.63) is 113 Å². The average molecular weight is 675 g/mol. The standard InChI is InChI=1S/C36H34F4N6O3/c1-4-45-34-30(31(43-46(34)27-11-6-5-7-12-27)28(47)19-22(21-41)17-18-44(2)3)29(23-13-15-26(37)16-14-23)32(35(45)49)42-33(48)24-9-8-10-25(20-24)36(38,39)40/h5-16,20,22,29,32H,4,17-19H2,1-3H3,(H,42,48)/t22-,29+,32+/m1/s1. The van der Waals surface area contributed by atoms with E-state index < -0.39 is 53.0 Å². The molecule has 1 aliphatic heterocycles. The zero-order valence-corrected chi connectivity index (χ0v) is 27.0. The second kappa shape index (κ2) is 14.4. The number of carbonyl (C=O) groups excluding carboxylic acids is 3. The summed E-state index contributed by atoms with van der Waals surface area (Å²) < 4.78 is 56.2. The Hall–Kier alpha value is -5.35. The molecular weight excluding hydrogens is 640 g/mol. The number of rotatable bonds is 11. The van der Waals surface area contributed by atoms with Gasteiger partial charge in [-0.15, -0.1) is 0 Å². The van der Waals surface area contributed by atoms with Crippen molar-refractivity contribution in [3.63, 3.8) is 0 Å². The molecule has 5 rings (SSSR count). The van der Waals surface area contributed by atoms with Gasteiger partial charge in [0.2, 0.25) is 0 Å². The molecule has 3 atom stereocenters. The number of nitriles is 1. The third kappa shape index (κ3) is 7.39. The molecule has 49 heavy (non-hydrogen) atoms. The molecule has 1 aliphatic rings. The van der Waals surface area contributed by atoms with Crippen LogP contribution >= 0.6 is 0 Å². The van der Waals surface area contributed by atoms with Crippen LogP contribution in [0.4, 0.5) is 23.4 Å². The molecule has 0 radical (unpaired) electrons. The molecule has 2 amide bonds. The van der Waals surface area contributed by atoms with Gasteiger partial charge in [-0.25, -0.2) is 9.07 Å². The van der Waals surface area contributed by atoms with Gasteiger partial charge in [0.1, 0.15) is 23.4 Å². The molecule has 0 saturated carbocycles. The van der Waals surface area contributed by atoms with E-state index in [1.54, 1.807) is 37.3 Å². The van der Waals surface area contributed by atoms with Gasteiger partial charge in [0, 0.05) is 30.0 Å². The number of benzene rings is 3. The van der Waals surface area contributed by atoms with E-state index in [9.17, 15) is 37.2 Å². The van der Waals surface area contributed by atoms with E-state index >= 15 is 0 Å². The Bertz CT molecular complexity index is 1880. The molecule has 0 unspecified atom stereocenters. The number of nitrogens with one attached hydrogen (secondary N) is 1. The summed E-state index contributed by atoms with van der Waals surface area (Å²) in [6, 6.07) is 18.6. The molecule has 9 nitrogen and oxygen atoms in total. The van der Waals surface area contributed by atoms with Crippen molar-refractivity contribution in [1.82, 2.24) is 20.0 Å². The number of ketones is 1. The van der Waals surface area contributed by atoms with Crippen LogP contribution in [0.25, 0.3) is 5.69 Å². The van der Waals surface area contributed by atoms with Crippen LogP contribution in [0.5, 0.6) is 0 Å². The summed E-state index contributed by atoms with van der Waals surface area (Å²) >= 11 is 0. The molecule has 0 fully saturated rings. The average Bonchev–Trinajstić information content (AvgIpc) is 3.47. The lowest BCUT2D eigenvalue weighted by Gasteiger charge is -2.38. The number of halogens is 4. The predicted octanol–water partition coefficient (Wildman–Crippen LogP) is 5.99. The van der Waals surface area contributed by atoms with Gasteiger partial charge < -0.3 is 10.2 Å². The molecule has 2 heterocycles. The van der Waals surface area contributed by atoms with Crippen LogP contribution in [0, 0.1) is 23.1 Å². The number of alkyl halides is 3. The molecule has 0 aliphatic carbocycles. The zero-order valence-electron chi connectivity index (χ0n) is 27.0. The molecule has 1 N–H and O–H groups in total. The minimum absolute atomic E-state index is 0.0393. The number of hydrogen-bond acceptors (Lipinski definition) is 6. The van der Waals surface area contributed by atoms with Gasteiger partial charge in [0.05, 0.1) is 23.2 Å². The van der Waals surface area contributed by atoms with Crippen molar-refractivity contribution in [2.45, 2.75) is 37.9 Å². The first-order valence-electron chi connectivity index (χ1n) is 15.6. The van der Waals surface area contributed by atoms with Crippen LogP contribution in [-0.2, 0) is 11.0 Å². The minimum atomic E-state index is -4.71. The third-order valence-corrected chi connectivity index (χ3v) is 8.42. The number of likely N-dealkylation sites (N-methyl/N-ethyl adjacent to an activating group) is 1. The molecule has 0 spiro atoms. The van der Waals surface area contributed by atoms with Crippen molar-refractivity contribution < 1.29 is 31.9 Å². The number of nitrogens with zero attached hydrogens (tertiary/aromatic N) is 5. The fraction of sp³-hybridized carbons (Fsp3) is 0.306. The van der Waals surface area contributed by atoms with Crippen molar-refractivity contribution in [2.24, 2.45) is 5.92 Å². The summed E-state index contributed by atoms with van der Waals surface area (Å²) in [5, 5.41) is 17.3. The first-order valence-corrected chi connectivity index (χ1v) is 15.6. The van der Waals surface area contributed by atoms with Crippen LogP contribution in [0.15, 0.2) is 78.9 Å². The molecule has 1 aromatic heterocycles. The van der Waals surface area contributed by atoms with Crippen LogP contribution in [-0.4, -0.2) is 65.5 Å². The Kier molecular flexibility index (Phi) is 10.3. The second-order valence-electron chi connectivity index (χ2n) is 12.0. The number of Topliss-reactive ketones (excluding diaryl/α,β-unsaturated/α-hetero) is 1. The van der Waals surface area contributed by atoms with Gasteiger partial charge in [-0.3, -0.25) is 19.3 Å². The Balaban J connectivity index is 1.70. The van der Waals surface area contributed by atoms with Gasteiger partial charge >= 0.3 is 6.18 Å². The first-order chi connectivity index (χ1) is 23.3. The molecule has 0 bridgehead atoms. The Labute approximate surface area is 280 Å². The van der Waals surface area contributed by atoms with Crippen molar-refractivity contribution in [3.8, 4) is 11.8 Å². The lowest BCUT2D eigenvalue weighted by atomic mass is 9.79. The largest absolute Gasteiger partial charge is 0.416 e.